The van der Waals surface area contributed by atoms with Crippen molar-refractivity contribution in [3.8, 4) is 0 Å². The van der Waals surface area contributed by atoms with Crippen molar-refractivity contribution in [3.63, 3.8) is 0 Å². The zero-order valence-corrected chi connectivity index (χ0v) is 11.4. The number of hydrogen-bond donors (Lipinski definition) is 1. The van der Waals surface area contributed by atoms with Crippen molar-refractivity contribution in [2.75, 3.05) is 0 Å². The summed E-state index contributed by atoms with van der Waals surface area (Å²) in [6.07, 6.45) is 4.98. The Bertz CT molecular complexity index is 505. The largest absolute Gasteiger partial charge is 0.353 e. The van der Waals surface area contributed by atoms with E-state index < -0.39 is 5.82 Å². The molecule has 1 N–H and O–H groups in total. The molecule has 1 amide bonds. The van der Waals surface area contributed by atoms with E-state index in [0.717, 1.165) is 12.3 Å². The van der Waals surface area contributed by atoms with E-state index in [-0.39, 0.29) is 12.3 Å². The van der Waals surface area contributed by atoms with E-state index in [0.29, 0.717) is 22.5 Å². The highest BCUT2D eigenvalue weighted by Crippen LogP contribution is 2.44. The highest BCUT2D eigenvalue weighted by molar-refractivity contribution is 6.30. The van der Waals surface area contributed by atoms with Gasteiger partial charge in [0.2, 0.25) is 5.91 Å². The molecule has 0 saturated heterocycles. The topological polar surface area (TPSA) is 29.1 Å². The zero-order valence-electron chi connectivity index (χ0n) is 10.7. The molecule has 0 heterocycles. The molecule has 2 aliphatic rings. The molecule has 0 aromatic heterocycles. The van der Waals surface area contributed by atoms with Crippen molar-refractivity contribution in [2.45, 2.75) is 38.1 Å². The molecule has 1 aromatic rings. The summed E-state index contributed by atoms with van der Waals surface area (Å²) in [7, 11) is 0. The van der Waals surface area contributed by atoms with Crippen LogP contribution in [0.2, 0.25) is 5.02 Å². The predicted molar refractivity (Wildman–Crippen MR) is 72.5 cm³/mol. The third-order valence-electron chi connectivity index (χ3n) is 4.45. The number of rotatable bonds is 3. The Morgan fingerprint density at radius 3 is 2.84 bits per heavy atom. The van der Waals surface area contributed by atoms with Crippen LogP contribution in [0.4, 0.5) is 4.39 Å². The Morgan fingerprint density at radius 2 is 2.21 bits per heavy atom. The fraction of sp³-hybridized carbons (Fsp3) is 0.533. The number of carbonyl (C=O) groups is 1. The standard InChI is InChI=1S/C15H17ClFNO/c16-12-4-3-10(13(17)8-12)7-15(19)18-14-6-9-1-2-11(14)5-9/h3-4,8-9,11,14H,1-2,5-7H2,(H,18,19). The SMILES string of the molecule is O=C(Cc1ccc(Cl)cc1F)NC1CC2CCC1C2. The number of carbonyl (C=O) groups excluding carboxylic acids is 1. The molecular formula is C15H17ClFNO. The minimum atomic E-state index is -0.407. The normalized spacial score (nSPS) is 28.6. The Balaban J connectivity index is 1.59. The second-order valence-electron chi connectivity index (χ2n) is 5.76. The summed E-state index contributed by atoms with van der Waals surface area (Å²) in [5, 5.41) is 3.42. The molecule has 0 radical (unpaired) electrons. The Labute approximate surface area is 117 Å². The molecule has 2 fully saturated rings. The van der Waals surface area contributed by atoms with Gasteiger partial charge < -0.3 is 5.32 Å². The van der Waals surface area contributed by atoms with Gasteiger partial charge in [-0.15, -0.1) is 0 Å². The lowest BCUT2D eigenvalue weighted by Crippen LogP contribution is -2.39. The van der Waals surface area contributed by atoms with Gasteiger partial charge >= 0.3 is 0 Å². The van der Waals surface area contributed by atoms with Gasteiger partial charge in [-0.25, -0.2) is 4.39 Å². The fourth-order valence-electron chi connectivity index (χ4n) is 3.52. The number of hydrogen-bond acceptors (Lipinski definition) is 1. The average molecular weight is 282 g/mol. The molecule has 19 heavy (non-hydrogen) atoms. The van der Waals surface area contributed by atoms with E-state index in [1.165, 1.54) is 25.3 Å². The van der Waals surface area contributed by atoms with Crippen LogP contribution < -0.4 is 5.32 Å². The molecule has 4 heteroatoms. The Hall–Kier alpha value is -1.09. The molecule has 2 nitrogen and oxygen atoms in total. The van der Waals surface area contributed by atoms with Crippen LogP contribution in [0.3, 0.4) is 0 Å². The quantitative estimate of drug-likeness (QED) is 0.905. The molecule has 3 rings (SSSR count). The van der Waals surface area contributed by atoms with Crippen molar-refractivity contribution in [3.05, 3.63) is 34.6 Å². The van der Waals surface area contributed by atoms with Gasteiger partial charge in [-0.1, -0.05) is 24.1 Å². The zero-order chi connectivity index (χ0) is 13.4. The lowest BCUT2D eigenvalue weighted by Gasteiger charge is -2.22. The summed E-state index contributed by atoms with van der Waals surface area (Å²) in [4.78, 5) is 12.0. The maximum absolute atomic E-state index is 13.6. The van der Waals surface area contributed by atoms with Crippen LogP contribution >= 0.6 is 11.6 Å². The third kappa shape index (κ3) is 2.76. The Morgan fingerprint density at radius 1 is 1.37 bits per heavy atom. The molecule has 102 valence electrons. The fourth-order valence-corrected chi connectivity index (χ4v) is 3.68. The highest BCUT2D eigenvalue weighted by atomic mass is 35.5. The van der Waals surface area contributed by atoms with E-state index >= 15 is 0 Å². The van der Waals surface area contributed by atoms with Crippen molar-refractivity contribution >= 4 is 17.5 Å². The maximum Gasteiger partial charge on any atom is 0.224 e. The van der Waals surface area contributed by atoms with Crippen molar-refractivity contribution in [1.29, 1.82) is 0 Å². The molecular weight excluding hydrogens is 265 g/mol. The van der Waals surface area contributed by atoms with Crippen LogP contribution in [-0.2, 0) is 11.2 Å². The summed E-state index contributed by atoms with van der Waals surface area (Å²) < 4.78 is 13.6. The van der Waals surface area contributed by atoms with Crippen LogP contribution in [-0.4, -0.2) is 11.9 Å². The highest BCUT2D eigenvalue weighted by Gasteiger charge is 2.39. The van der Waals surface area contributed by atoms with Crippen LogP contribution in [0, 0.1) is 17.7 Å². The number of nitrogens with one attached hydrogen (secondary N) is 1. The van der Waals surface area contributed by atoms with Crippen LogP contribution in [0.1, 0.15) is 31.2 Å². The maximum atomic E-state index is 13.6. The predicted octanol–water partition coefficient (Wildman–Crippen LogP) is 3.33. The minimum Gasteiger partial charge on any atom is -0.353 e. The van der Waals surface area contributed by atoms with Gasteiger partial charge in [0.1, 0.15) is 5.82 Å². The van der Waals surface area contributed by atoms with Gasteiger partial charge in [0.05, 0.1) is 6.42 Å². The van der Waals surface area contributed by atoms with Gasteiger partial charge in [-0.2, -0.15) is 0 Å². The van der Waals surface area contributed by atoms with Crippen LogP contribution in [0.5, 0.6) is 0 Å². The molecule has 3 atom stereocenters. The van der Waals surface area contributed by atoms with Gasteiger partial charge in [-0.3, -0.25) is 4.79 Å². The number of halogens is 2. The average Bonchev–Trinajstić information content (AvgIpc) is 2.95. The molecule has 2 bridgehead atoms. The number of fused-ring (bicyclic) bond motifs is 2. The van der Waals surface area contributed by atoms with Gasteiger partial charge in [0.15, 0.2) is 0 Å². The first-order valence-corrected chi connectivity index (χ1v) is 7.23. The summed E-state index contributed by atoms with van der Waals surface area (Å²) >= 11 is 5.69. The number of benzene rings is 1. The lowest BCUT2D eigenvalue weighted by molar-refractivity contribution is -0.121. The molecule has 0 spiro atoms. The first-order chi connectivity index (χ1) is 9.11. The third-order valence-corrected chi connectivity index (χ3v) is 4.69. The van der Waals surface area contributed by atoms with E-state index in [2.05, 4.69) is 5.32 Å². The van der Waals surface area contributed by atoms with Gasteiger partial charge in [0.25, 0.3) is 0 Å². The first kappa shape index (κ1) is 12.9. The second kappa shape index (κ2) is 5.12. The van der Waals surface area contributed by atoms with Crippen molar-refractivity contribution in [2.24, 2.45) is 11.8 Å². The van der Waals surface area contributed by atoms with Gasteiger partial charge in [-0.05, 0) is 48.8 Å². The first-order valence-electron chi connectivity index (χ1n) is 6.85. The summed E-state index contributed by atoms with van der Waals surface area (Å²) in [5.41, 5.74) is 0.407. The molecule has 3 unspecified atom stereocenters. The second-order valence-corrected chi connectivity index (χ2v) is 6.20. The summed E-state index contributed by atoms with van der Waals surface area (Å²) in [5.74, 6) is 0.945. The lowest BCUT2D eigenvalue weighted by atomic mass is 9.95. The van der Waals surface area contributed by atoms with E-state index in [9.17, 15) is 9.18 Å². The number of amides is 1. The monoisotopic (exact) mass is 281 g/mol. The van der Waals surface area contributed by atoms with Crippen LogP contribution in [0.15, 0.2) is 18.2 Å². The molecule has 1 aromatic carbocycles. The molecule has 2 aliphatic carbocycles. The van der Waals surface area contributed by atoms with E-state index in [4.69, 9.17) is 11.6 Å². The van der Waals surface area contributed by atoms with Crippen molar-refractivity contribution in [1.82, 2.24) is 5.32 Å². The summed E-state index contributed by atoms with van der Waals surface area (Å²) in [6.45, 7) is 0. The van der Waals surface area contributed by atoms with Crippen molar-refractivity contribution < 1.29 is 9.18 Å². The van der Waals surface area contributed by atoms with E-state index in [1.54, 1.807) is 12.1 Å². The van der Waals surface area contributed by atoms with E-state index in [1.807, 2.05) is 0 Å². The van der Waals surface area contributed by atoms with Gasteiger partial charge in [0, 0.05) is 11.1 Å². The molecule has 2 saturated carbocycles. The molecule has 0 aliphatic heterocycles. The summed E-state index contributed by atoms with van der Waals surface area (Å²) in [6, 6.07) is 4.76. The smallest absolute Gasteiger partial charge is 0.224 e. The van der Waals surface area contributed by atoms with Crippen LogP contribution in [0.25, 0.3) is 0 Å². The Kier molecular flexibility index (Phi) is 3.48. The minimum absolute atomic E-state index is 0.0845.